The zero-order chi connectivity index (χ0) is 41.1. The highest BCUT2D eigenvalue weighted by Gasteiger charge is 2.63. The zero-order valence-electron chi connectivity index (χ0n) is 33.0. The molecule has 15 heteroatoms. The van der Waals surface area contributed by atoms with E-state index < -0.39 is 73.1 Å². The molecule has 0 radical (unpaired) electrons. The lowest BCUT2D eigenvalue weighted by Crippen LogP contribution is -2.48. The van der Waals surface area contributed by atoms with E-state index in [4.69, 9.17) is 9.47 Å². The predicted octanol–water partition coefficient (Wildman–Crippen LogP) is 6.92. The van der Waals surface area contributed by atoms with Gasteiger partial charge in [-0.1, -0.05) is 38.8 Å². The Hall–Kier alpha value is -4.01. The highest BCUT2D eigenvalue weighted by atomic mass is 32.2. The first kappa shape index (κ1) is 41.2. The number of Topliss-reactive ketones (excluding diaryl/α,β-unsaturated/α-hetero) is 1. The number of fused-ring (bicyclic) bond motifs is 5. The van der Waals surface area contributed by atoms with E-state index in [2.05, 4.69) is 9.71 Å². The SMILES string of the molecule is Cc1nc2ccc(C(F)(F)F)cc2c2c1O[C@]1(CC2)C[C@H]2C(=O)C[C@]3(C(=O)NS(=O)(=O)C4(C)CC4)C[C@H]3/C=C\CCCCC[C@H](CC(=O)OCC(C)C)C(=O)N2C1. The van der Waals surface area contributed by atoms with Crippen LogP contribution in [0.3, 0.4) is 0 Å². The lowest BCUT2D eigenvalue weighted by Gasteiger charge is -2.37. The summed E-state index contributed by atoms with van der Waals surface area (Å²) in [7, 11) is -4.00. The van der Waals surface area contributed by atoms with Crippen LogP contribution in [0, 0.1) is 30.1 Å². The third-order valence-corrected chi connectivity index (χ3v) is 14.9. The van der Waals surface area contributed by atoms with Gasteiger partial charge in [0, 0.05) is 29.7 Å². The molecule has 2 saturated carbocycles. The van der Waals surface area contributed by atoms with Crippen LogP contribution in [-0.4, -0.2) is 71.4 Å². The Bertz CT molecular complexity index is 2120. The quantitative estimate of drug-likeness (QED) is 0.232. The third kappa shape index (κ3) is 8.18. The van der Waals surface area contributed by atoms with Crippen LogP contribution in [0.15, 0.2) is 30.4 Å². The first-order valence-corrected chi connectivity index (χ1v) is 21.7. The fourth-order valence-electron chi connectivity index (χ4n) is 8.86. The second kappa shape index (κ2) is 15.0. The van der Waals surface area contributed by atoms with E-state index in [-0.39, 0.29) is 57.1 Å². The predicted molar refractivity (Wildman–Crippen MR) is 204 cm³/mol. The highest BCUT2D eigenvalue weighted by molar-refractivity contribution is 7.91. The molecule has 11 nitrogen and oxygen atoms in total. The molecule has 5 aliphatic rings. The molecule has 5 atom stereocenters. The number of alkyl halides is 3. The summed E-state index contributed by atoms with van der Waals surface area (Å²) in [4.78, 5) is 62.6. The number of allylic oxidation sites excluding steroid dienone is 2. The van der Waals surface area contributed by atoms with Crippen molar-refractivity contribution < 1.29 is 50.2 Å². The van der Waals surface area contributed by atoms with Crippen LogP contribution in [0.4, 0.5) is 13.2 Å². The second-order valence-corrected chi connectivity index (χ2v) is 19.9. The molecule has 310 valence electrons. The van der Waals surface area contributed by atoms with Crippen molar-refractivity contribution in [3.05, 3.63) is 47.2 Å². The van der Waals surface area contributed by atoms with Gasteiger partial charge in [-0.3, -0.25) is 23.9 Å². The van der Waals surface area contributed by atoms with E-state index in [1.54, 1.807) is 13.8 Å². The molecule has 2 aromatic rings. The Labute approximate surface area is 331 Å². The van der Waals surface area contributed by atoms with Gasteiger partial charge in [0.05, 0.1) is 52.6 Å². The number of benzene rings is 1. The van der Waals surface area contributed by atoms with Gasteiger partial charge in [0.15, 0.2) is 5.78 Å². The van der Waals surface area contributed by atoms with Crippen molar-refractivity contribution in [3.63, 3.8) is 0 Å². The van der Waals surface area contributed by atoms with Crippen molar-refractivity contribution in [2.75, 3.05) is 13.2 Å². The number of amides is 2. The van der Waals surface area contributed by atoms with Crippen LogP contribution in [0.5, 0.6) is 5.75 Å². The molecule has 1 spiro atoms. The van der Waals surface area contributed by atoms with Gasteiger partial charge in [-0.15, -0.1) is 0 Å². The van der Waals surface area contributed by atoms with Gasteiger partial charge in [0.1, 0.15) is 11.4 Å². The van der Waals surface area contributed by atoms with Gasteiger partial charge in [-0.05, 0) is 95.2 Å². The number of esters is 1. The maximum absolute atomic E-state index is 14.8. The van der Waals surface area contributed by atoms with Gasteiger partial charge in [0.25, 0.3) is 0 Å². The number of hydrogen-bond acceptors (Lipinski definition) is 9. The number of ether oxygens (including phenoxy) is 2. The van der Waals surface area contributed by atoms with E-state index >= 15 is 0 Å². The molecule has 3 aliphatic heterocycles. The van der Waals surface area contributed by atoms with Crippen molar-refractivity contribution in [1.29, 1.82) is 0 Å². The van der Waals surface area contributed by atoms with Crippen molar-refractivity contribution in [2.45, 2.75) is 134 Å². The average Bonchev–Trinajstić information content (AvgIpc) is 4.03. The third-order valence-electron chi connectivity index (χ3n) is 12.8. The molecule has 1 N–H and O–H groups in total. The van der Waals surface area contributed by atoms with Crippen LogP contribution in [0.1, 0.15) is 115 Å². The Morgan fingerprint density at radius 3 is 2.56 bits per heavy atom. The normalized spacial score (nSPS) is 29.4. The first-order chi connectivity index (χ1) is 26.8. The topological polar surface area (TPSA) is 149 Å². The van der Waals surface area contributed by atoms with E-state index in [0.29, 0.717) is 66.4 Å². The van der Waals surface area contributed by atoms with Gasteiger partial charge in [-0.2, -0.15) is 13.2 Å². The van der Waals surface area contributed by atoms with E-state index in [9.17, 15) is 40.8 Å². The molecule has 2 aliphatic carbocycles. The summed E-state index contributed by atoms with van der Waals surface area (Å²) < 4.78 is 81.2. The molecular formula is C42H52F3N3O8S. The lowest BCUT2D eigenvalue weighted by atomic mass is 9.85. The molecule has 0 unspecified atom stereocenters. The fraction of sp³-hybridized carbons (Fsp3) is 0.643. The Balaban J connectivity index is 1.24. The van der Waals surface area contributed by atoms with Gasteiger partial charge in [-0.25, -0.2) is 13.4 Å². The number of nitrogens with zero attached hydrogens (tertiary/aromatic N) is 2. The number of carbonyl (C=O) groups is 4. The molecule has 3 fully saturated rings. The van der Waals surface area contributed by atoms with E-state index in [1.165, 1.54) is 11.0 Å². The van der Waals surface area contributed by atoms with Crippen molar-refractivity contribution in [3.8, 4) is 5.75 Å². The molecule has 2 amide bonds. The van der Waals surface area contributed by atoms with Crippen LogP contribution in [-0.2, 0) is 46.5 Å². The maximum atomic E-state index is 14.8. The van der Waals surface area contributed by atoms with Gasteiger partial charge < -0.3 is 14.4 Å². The first-order valence-electron chi connectivity index (χ1n) is 20.2. The summed E-state index contributed by atoms with van der Waals surface area (Å²) >= 11 is 0. The number of aromatic nitrogens is 1. The van der Waals surface area contributed by atoms with Crippen molar-refractivity contribution in [1.82, 2.24) is 14.6 Å². The number of pyridine rings is 1. The number of aryl methyl sites for hydroxylation is 2. The lowest BCUT2D eigenvalue weighted by molar-refractivity contribution is -0.151. The second-order valence-electron chi connectivity index (χ2n) is 17.7. The zero-order valence-corrected chi connectivity index (χ0v) is 33.8. The fourth-order valence-corrected chi connectivity index (χ4v) is 10.2. The summed E-state index contributed by atoms with van der Waals surface area (Å²) in [5.74, 6) is -2.85. The summed E-state index contributed by atoms with van der Waals surface area (Å²) in [6.45, 7) is 7.27. The van der Waals surface area contributed by atoms with Crippen molar-refractivity contribution >= 4 is 44.5 Å². The summed E-state index contributed by atoms with van der Waals surface area (Å²) in [6.07, 6.45) is 3.83. The minimum atomic E-state index is -4.57. The number of ketones is 1. The highest BCUT2D eigenvalue weighted by Crippen LogP contribution is 2.58. The molecule has 1 aromatic heterocycles. The molecule has 57 heavy (non-hydrogen) atoms. The number of hydrogen-bond donors (Lipinski definition) is 1. The molecular weight excluding hydrogens is 764 g/mol. The minimum Gasteiger partial charge on any atom is -0.483 e. The molecule has 1 aromatic carbocycles. The molecule has 0 bridgehead atoms. The Kier molecular flexibility index (Phi) is 10.8. The molecule has 4 heterocycles. The minimum absolute atomic E-state index is 0.0332. The number of halogens is 3. The molecule has 1 saturated heterocycles. The number of sulfonamides is 1. The number of carbonyl (C=O) groups excluding carboxylic acids is 4. The number of rotatable bonds is 7. The van der Waals surface area contributed by atoms with Gasteiger partial charge >= 0.3 is 12.1 Å². The maximum Gasteiger partial charge on any atom is 0.416 e. The summed E-state index contributed by atoms with van der Waals surface area (Å²) in [6, 6.07) is 2.34. The number of nitrogens with one attached hydrogen (secondary N) is 1. The summed E-state index contributed by atoms with van der Waals surface area (Å²) in [5.41, 5.74) is -1.85. The van der Waals surface area contributed by atoms with Crippen LogP contribution < -0.4 is 9.46 Å². The largest absolute Gasteiger partial charge is 0.483 e. The van der Waals surface area contributed by atoms with Crippen LogP contribution >= 0.6 is 0 Å². The van der Waals surface area contributed by atoms with E-state index in [1.807, 2.05) is 26.0 Å². The Morgan fingerprint density at radius 2 is 1.86 bits per heavy atom. The molecule has 7 rings (SSSR count). The van der Waals surface area contributed by atoms with E-state index in [0.717, 1.165) is 25.0 Å². The standard InChI is InChI=1S/C42H52F3N3O8S/c1-25(2)23-55-35(50)18-27-10-8-6-5-7-9-11-29-20-41(29,38(52)47-57(53,54)39(4)16-17-39)22-34(49)33-21-40(24-48(33)37(27)51)15-14-30-31-19-28(42(43,44)45)12-13-32(31)46-26(3)36(30)56-40/h9,11-13,19,25,27,29,33H,5-8,10,14-18,20-24H2,1-4H3,(H,47,52)/b11-9-/t27-,29-,33+,40-,41-/m1/s1. The van der Waals surface area contributed by atoms with Crippen LogP contribution in [0.25, 0.3) is 10.9 Å². The average molecular weight is 816 g/mol. The Morgan fingerprint density at radius 1 is 1.11 bits per heavy atom. The summed E-state index contributed by atoms with van der Waals surface area (Å²) in [5, 5.41) is 0.316. The smallest absolute Gasteiger partial charge is 0.416 e. The van der Waals surface area contributed by atoms with Crippen LogP contribution in [0.2, 0.25) is 0 Å². The van der Waals surface area contributed by atoms with Crippen molar-refractivity contribution in [2.24, 2.45) is 23.2 Å². The van der Waals surface area contributed by atoms with Gasteiger partial charge in [0.2, 0.25) is 21.8 Å². The monoisotopic (exact) mass is 815 g/mol.